The fourth-order valence-electron chi connectivity index (χ4n) is 0.726. The summed E-state index contributed by atoms with van der Waals surface area (Å²) in [6.45, 7) is 1.85. The number of hydrogen-bond donors (Lipinski definition) is 0. The first-order valence-corrected chi connectivity index (χ1v) is 3.90. The van der Waals surface area contributed by atoms with E-state index < -0.39 is 0 Å². The summed E-state index contributed by atoms with van der Waals surface area (Å²) < 4.78 is 4.85. The maximum atomic E-state index is 11.4. The molecule has 0 fully saturated rings. The maximum Gasteiger partial charge on any atom is 0.267 e. The highest BCUT2D eigenvalue weighted by Crippen LogP contribution is 2.02. The van der Waals surface area contributed by atoms with E-state index in [2.05, 4.69) is 4.98 Å². The van der Waals surface area contributed by atoms with E-state index in [0.29, 0.717) is 0 Å². The molecule has 4 nitrogen and oxygen atoms in total. The van der Waals surface area contributed by atoms with E-state index >= 15 is 0 Å². The van der Waals surface area contributed by atoms with Crippen LogP contribution in [-0.2, 0) is 0 Å². The lowest BCUT2D eigenvalue weighted by Gasteiger charge is -2.11. The molecule has 0 spiro atoms. The molecule has 1 heterocycles. The van der Waals surface area contributed by atoms with E-state index in [1.54, 1.807) is 0 Å². The van der Waals surface area contributed by atoms with Crippen LogP contribution in [0.5, 0.6) is 0 Å². The van der Waals surface area contributed by atoms with Crippen LogP contribution < -0.4 is 0 Å². The van der Waals surface area contributed by atoms with Gasteiger partial charge in [-0.25, -0.2) is 4.98 Å². The zero-order valence-electron chi connectivity index (χ0n) is 7.94. The molecule has 1 aromatic heterocycles. The van der Waals surface area contributed by atoms with Crippen LogP contribution in [0, 0.1) is 0 Å². The lowest BCUT2D eigenvalue weighted by Crippen LogP contribution is -2.10. The van der Waals surface area contributed by atoms with Crippen molar-refractivity contribution >= 4 is 5.78 Å². The molecule has 0 atom stereocenters. The van der Waals surface area contributed by atoms with Crippen molar-refractivity contribution < 1.29 is 9.21 Å². The molecule has 0 aliphatic rings. The molecule has 4 heteroatoms. The van der Waals surface area contributed by atoms with Crippen LogP contribution in [-0.4, -0.2) is 29.8 Å². The number of aromatic nitrogens is 1. The molecule has 70 valence electrons. The number of carbonyl (C=O) groups is 1. The van der Waals surface area contributed by atoms with Gasteiger partial charge in [-0.15, -0.1) is 0 Å². The lowest BCUT2D eigenvalue weighted by molar-refractivity contribution is 0.101. The highest BCUT2D eigenvalue weighted by molar-refractivity contribution is 6.01. The van der Waals surface area contributed by atoms with Crippen LogP contribution >= 0.6 is 0 Å². The van der Waals surface area contributed by atoms with E-state index in [1.165, 1.54) is 18.5 Å². The third-order valence-corrected chi connectivity index (χ3v) is 1.69. The first-order valence-electron chi connectivity index (χ1n) is 3.90. The number of allylic oxidation sites excluding steroid dienone is 2. The average Bonchev–Trinajstić information content (AvgIpc) is 2.55. The Bertz CT molecular complexity index is 312. The number of nitrogens with zero attached hydrogens (tertiary/aromatic N) is 2. The molecule has 0 amide bonds. The van der Waals surface area contributed by atoms with Gasteiger partial charge in [0.15, 0.2) is 0 Å². The molecule has 13 heavy (non-hydrogen) atoms. The standard InChI is InChI=1S/C9H12N2O2/c1-7(11(2)3)6-8(12)9-10-4-5-13-9/h4-6H,1-3H3. The molecule has 0 unspecified atom stereocenters. The van der Waals surface area contributed by atoms with Crippen molar-refractivity contribution in [2.24, 2.45) is 0 Å². The van der Waals surface area contributed by atoms with E-state index in [4.69, 9.17) is 4.42 Å². The van der Waals surface area contributed by atoms with Crippen molar-refractivity contribution in [2.75, 3.05) is 14.1 Å². The number of oxazole rings is 1. The summed E-state index contributed by atoms with van der Waals surface area (Å²) in [5, 5.41) is 0. The Morgan fingerprint density at radius 3 is 2.77 bits per heavy atom. The van der Waals surface area contributed by atoms with Crippen LogP contribution in [0.25, 0.3) is 0 Å². The summed E-state index contributed by atoms with van der Waals surface area (Å²) in [4.78, 5) is 17.0. The minimum atomic E-state index is -0.212. The molecule has 0 bridgehead atoms. The Labute approximate surface area is 76.9 Å². The van der Waals surface area contributed by atoms with Crippen molar-refractivity contribution in [1.29, 1.82) is 0 Å². The second-order valence-electron chi connectivity index (χ2n) is 2.88. The Kier molecular flexibility index (Phi) is 2.84. The van der Waals surface area contributed by atoms with Crippen LogP contribution in [0.4, 0.5) is 0 Å². The van der Waals surface area contributed by atoms with Gasteiger partial charge in [-0.3, -0.25) is 4.79 Å². The highest BCUT2D eigenvalue weighted by atomic mass is 16.3. The fraction of sp³-hybridized carbons (Fsp3) is 0.333. The summed E-state index contributed by atoms with van der Waals surface area (Å²) in [6, 6.07) is 0. The molecular weight excluding hydrogens is 168 g/mol. The predicted octanol–water partition coefficient (Wildman–Crippen LogP) is 1.32. The van der Waals surface area contributed by atoms with E-state index in [9.17, 15) is 4.79 Å². The van der Waals surface area contributed by atoms with Gasteiger partial charge >= 0.3 is 0 Å². The van der Waals surface area contributed by atoms with Gasteiger partial charge in [-0.2, -0.15) is 0 Å². The van der Waals surface area contributed by atoms with Crippen LogP contribution in [0.2, 0.25) is 0 Å². The Balaban J connectivity index is 2.76. The Morgan fingerprint density at radius 1 is 1.62 bits per heavy atom. The SMILES string of the molecule is CC(=CC(=O)c1ncco1)N(C)C. The summed E-state index contributed by atoms with van der Waals surface area (Å²) in [5.41, 5.74) is 0.864. The molecule has 0 aliphatic heterocycles. The third kappa shape index (κ3) is 2.43. The predicted molar refractivity (Wildman–Crippen MR) is 48.3 cm³/mol. The smallest absolute Gasteiger partial charge is 0.267 e. The maximum absolute atomic E-state index is 11.4. The topological polar surface area (TPSA) is 46.3 Å². The van der Waals surface area contributed by atoms with Crippen LogP contribution in [0.15, 0.2) is 28.7 Å². The number of hydrogen-bond acceptors (Lipinski definition) is 4. The number of carbonyl (C=O) groups excluding carboxylic acids is 1. The molecule has 0 saturated heterocycles. The van der Waals surface area contributed by atoms with Crippen molar-refractivity contribution in [2.45, 2.75) is 6.92 Å². The minimum absolute atomic E-state index is 0.126. The monoisotopic (exact) mass is 180 g/mol. The van der Waals surface area contributed by atoms with Gasteiger partial charge in [0, 0.05) is 25.9 Å². The average molecular weight is 180 g/mol. The minimum Gasteiger partial charge on any atom is -0.442 e. The molecule has 1 rings (SSSR count). The van der Waals surface area contributed by atoms with E-state index in [1.807, 2.05) is 25.9 Å². The summed E-state index contributed by atoms with van der Waals surface area (Å²) in [7, 11) is 3.74. The quantitative estimate of drug-likeness (QED) is 0.520. The molecular formula is C9H12N2O2. The van der Waals surface area contributed by atoms with E-state index in [0.717, 1.165) is 5.70 Å². The number of rotatable bonds is 3. The van der Waals surface area contributed by atoms with Crippen molar-refractivity contribution in [3.05, 3.63) is 30.1 Å². The van der Waals surface area contributed by atoms with Gasteiger partial charge in [0.05, 0.1) is 6.20 Å². The van der Waals surface area contributed by atoms with E-state index in [-0.39, 0.29) is 11.7 Å². The molecule has 0 N–H and O–H groups in total. The highest BCUT2D eigenvalue weighted by Gasteiger charge is 2.07. The van der Waals surface area contributed by atoms with Gasteiger partial charge < -0.3 is 9.32 Å². The van der Waals surface area contributed by atoms with Crippen LogP contribution in [0.3, 0.4) is 0 Å². The zero-order valence-corrected chi connectivity index (χ0v) is 7.94. The van der Waals surface area contributed by atoms with Crippen molar-refractivity contribution in [1.82, 2.24) is 9.88 Å². The Hall–Kier alpha value is -1.58. The van der Waals surface area contributed by atoms with Gasteiger partial charge in [0.1, 0.15) is 6.26 Å². The van der Waals surface area contributed by atoms with Crippen molar-refractivity contribution in [3.63, 3.8) is 0 Å². The molecule has 1 aromatic rings. The molecule has 0 aromatic carbocycles. The molecule has 0 saturated carbocycles. The fourth-order valence-corrected chi connectivity index (χ4v) is 0.726. The van der Waals surface area contributed by atoms with Gasteiger partial charge in [-0.1, -0.05) is 0 Å². The summed E-state index contributed by atoms with van der Waals surface area (Å²) in [6.07, 6.45) is 4.32. The third-order valence-electron chi connectivity index (χ3n) is 1.69. The largest absolute Gasteiger partial charge is 0.442 e. The summed E-state index contributed by atoms with van der Waals surface area (Å²) in [5.74, 6) is -0.0857. The molecule has 0 radical (unpaired) electrons. The lowest BCUT2D eigenvalue weighted by atomic mass is 10.3. The number of ketones is 1. The van der Waals surface area contributed by atoms with Gasteiger partial charge in [0.25, 0.3) is 5.89 Å². The second-order valence-corrected chi connectivity index (χ2v) is 2.88. The second kappa shape index (κ2) is 3.89. The zero-order chi connectivity index (χ0) is 9.84. The Morgan fingerprint density at radius 2 is 2.31 bits per heavy atom. The normalized spacial score (nSPS) is 11.5. The van der Waals surface area contributed by atoms with Crippen molar-refractivity contribution in [3.8, 4) is 0 Å². The van der Waals surface area contributed by atoms with Gasteiger partial charge in [0.2, 0.25) is 5.78 Å². The van der Waals surface area contributed by atoms with Crippen LogP contribution in [0.1, 0.15) is 17.6 Å². The first kappa shape index (κ1) is 9.51. The summed E-state index contributed by atoms with van der Waals surface area (Å²) >= 11 is 0. The van der Waals surface area contributed by atoms with Gasteiger partial charge in [-0.05, 0) is 6.92 Å². The molecule has 0 aliphatic carbocycles. The first-order chi connectivity index (χ1) is 6.11.